The van der Waals surface area contributed by atoms with Crippen LogP contribution >= 0.6 is 23.1 Å². The van der Waals surface area contributed by atoms with Crippen molar-refractivity contribution in [3.63, 3.8) is 0 Å². The van der Waals surface area contributed by atoms with Crippen molar-refractivity contribution in [3.8, 4) is 6.07 Å². The number of carbonyl (C=O) groups is 1. The SMILES string of the molecule is CC(C)C(C)(C#N)NC(=O)CSc1nc2sc3c(c2c(=O)n1CC1CCCO1)CCCC3. The number of aryl methyl sites for hydroxylation is 2. The van der Waals surface area contributed by atoms with E-state index in [0.717, 1.165) is 55.3 Å². The lowest BCUT2D eigenvalue weighted by molar-refractivity contribution is -0.120. The van der Waals surface area contributed by atoms with E-state index in [1.54, 1.807) is 22.8 Å². The zero-order valence-electron chi connectivity index (χ0n) is 18.9. The minimum atomic E-state index is -0.931. The molecule has 32 heavy (non-hydrogen) atoms. The summed E-state index contributed by atoms with van der Waals surface area (Å²) in [5.74, 6) is -0.166. The normalized spacial score (nSPS) is 20.2. The van der Waals surface area contributed by atoms with Gasteiger partial charge in [0.15, 0.2) is 5.16 Å². The van der Waals surface area contributed by atoms with Gasteiger partial charge in [-0.2, -0.15) is 5.26 Å². The largest absolute Gasteiger partial charge is 0.376 e. The van der Waals surface area contributed by atoms with Gasteiger partial charge in [-0.05, 0) is 56.9 Å². The molecule has 4 rings (SSSR count). The molecule has 172 valence electrons. The number of thioether (sulfide) groups is 1. The van der Waals surface area contributed by atoms with Crippen LogP contribution in [0, 0.1) is 17.2 Å². The molecule has 1 fully saturated rings. The highest BCUT2D eigenvalue weighted by atomic mass is 32.2. The Bertz CT molecular complexity index is 1110. The van der Waals surface area contributed by atoms with Gasteiger partial charge in [-0.3, -0.25) is 14.2 Å². The summed E-state index contributed by atoms with van der Waals surface area (Å²) in [7, 11) is 0. The third kappa shape index (κ3) is 4.59. The van der Waals surface area contributed by atoms with Gasteiger partial charge in [0, 0.05) is 11.5 Å². The Morgan fingerprint density at radius 2 is 2.19 bits per heavy atom. The summed E-state index contributed by atoms with van der Waals surface area (Å²) in [5.41, 5.74) is 0.224. The maximum atomic E-state index is 13.6. The molecule has 1 saturated heterocycles. The van der Waals surface area contributed by atoms with Gasteiger partial charge in [0.1, 0.15) is 10.4 Å². The van der Waals surface area contributed by atoms with Gasteiger partial charge in [0.2, 0.25) is 5.91 Å². The summed E-state index contributed by atoms with van der Waals surface area (Å²) in [6, 6.07) is 2.20. The van der Waals surface area contributed by atoms with Gasteiger partial charge < -0.3 is 10.1 Å². The molecule has 0 saturated carbocycles. The van der Waals surface area contributed by atoms with Crippen LogP contribution in [0.15, 0.2) is 9.95 Å². The van der Waals surface area contributed by atoms with Crippen molar-refractivity contribution >= 4 is 39.2 Å². The lowest BCUT2D eigenvalue weighted by Gasteiger charge is -2.27. The lowest BCUT2D eigenvalue weighted by atomic mass is 9.90. The second kappa shape index (κ2) is 9.54. The van der Waals surface area contributed by atoms with Crippen molar-refractivity contribution in [2.24, 2.45) is 5.92 Å². The first-order valence-corrected chi connectivity index (χ1v) is 13.1. The topological polar surface area (TPSA) is 97.0 Å². The van der Waals surface area contributed by atoms with E-state index in [2.05, 4.69) is 11.4 Å². The van der Waals surface area contributed by atoms with E-state index >= 15 is 0 Å². The number of ether oxygens (including phenoxy) is 1. The van der Waals surface area contributed by atoms with Crippen molar-refractivity contribution in [2.45, 2.75) is 82.6 Å². The number of aromatic nitrogens is 2. The standard InChI is InChI=1S/C23H30N4O3S2/c1-14(2)23(3,13-24)26-18(28)12-31-22-25-20-19(16-8-4-5-9-17(16)32-20)21(29)27(22)11-15-7-6-10-30-15/h14-15H,4-12H2,1-3H3,(H,26,28). The number of hydrogen-bond donors (Lipinski definition) is 1. The van der Waals surface area contributed by atoms with Crippen molar-refractivity contribution in [3.05, 3.63) is 20.8 Å². The average Bonchev–Trinajstić information content (AvgIpc) is 3.41. The minimum Gasteiger partial charge on any atom is -0.376 e. The third-order valence-corrected chi connectivity index (χ3v) is 8.73. The highest BCUT2D eigenvalue weighted by Gasteiger charge is 2.30. The second-order valence-electron chi connectivity index (χ2n) is 9.14. The van der Waals surface area contributed by atoms with Gasteiger partial charge in [-0.1, -0.05) is 25.6 Å². The Kier molecular flexibility index (Phi) is 6.94. The average molecular weight is 475 g/mol. The molecule has 1 N–H and O–H groups in total. The first kappa shape index (κ1) is 23.3. The van der Waals surface area contributed by atoms with Crippen LogP contribution in [0.2, 0.25) is 0 Å². The van der Waals surface area contributed by atoms with Crippen LogP contribution < -0.4 is 10.9 Å². The van der Waals surface area contributed by atoms with E-state index in [-0.39, 0.29) is 29.2 Å². The van der Waals surface area contributed by atoms with E-state index in [0.29, 0.717) is 11.7 Å². The van der Waals surface area contributed by atoms with Gasteiger partial charge in [0.05, 0.1) is 29.9 Å². The molecular weight excluding hydrogens is 444 g/mol. The predicted octanol–water partition coefficient (Wildman–Crippen LogP) is 3.66. The summed E-state index contributed by atoms with van der Waals surface area (Å²) in [5, 5.41) is 13.6. The first-order valence-electron chi connectivity index (χ1n) is 11.3. The highest BCUT2D eigenvalue weighted by Crippen LogP contribution is 2.35. The van der Waals surface area contributed by atoms with Crippen LogP contribution in [-0.2, 0) is 28.9 Å². The zero-order chi connectivity index (χ0) is 22.9. The Labute approximate surface area is 196 Å². The number of thiophene rings is 1. The summed E-state index contributed by atoms with van der Waals surface area (Å²) in [6.07, 6.45) is 6.11. The number of rotatable bonds is 7. The molecule has 3 heterocycles. The molecule has 0 spiro atoms. The van der Waals surface area contributed by atoms with Crippen molar-refractivity contribution in [2.75, 3.05) is 12.4 Å². The van der Waals surface area contributed by atoms with Crippen LogP contribution in [0.4, 0.5) is 0 Å². The zero-order valence-corrected chi connectivity index (χ0v) is 20.5. The van der Waals surface area contributed by atoms with Crippen molar-refractivity contribution in [1.82, 2.24) is 14.9 Å². The van der Waals surface area contributed by atoms with E-state index < -0.39 is 5.54 Å². The van der Waals surface area contributed by atoms with Gasteiger partial charge in [-0.15, -0.1) is 11.3 Å². The molecule has 7 nitrogen and oxygen atoms in total. The van der Waals surface area contributed by atoms with E-state index in [1.807, 2.05) is 13.8 Å². The summed E-state index contributed by atoms with van der Waals surface area (Å²) < 4.78 is 7.51. The quantitative estimate of drug-likeness (QED) is 0.486. The van der Waals surface area contributed by atoms with Crippen LogP contribution in [0.1, 0.15) is 56.9 Å². The van der Waals surface area contributed by atoms with Crippen LogP contribution in [-0.4, -0.2) is 39.5 Å². The third-order valence-electron chi connectivity index (χ3n) is 6.57. The van der Waals surface area contributed by atoms with E-state index in [1.165, 1.54) is 22.2 Å². The van der Waals surface area contributed by atoms with Crippen LogP contribution in [0.25, 0.3) is 10.2 Å². The fraction of sp³-hybridized carbons (Fsp3) is 0.652. The van der Waals surface area contributed by atoms with Gasteiger partial charge in [0.25, 0.3) is 5.56 Å². The molecule has 0 bridgehead atoms. The van der Waals surface area contributed by atoms with Crippen LogP contribution in [0.5, 0.6) is 0 Å². The number of carbonyl (C=O) groups excluding carboxylic acids is 1. The van der Waals surface area contributed by atoms with E-state index in [9.17, 15) is 14.9 Å². The first-order chi connectivity index (χ1) is 15.3. The molecular formula is C23H30N4O3S2. The van der Waals surface area contributed by atoms with E-state index in [4.69, 9.17) is 9.72 Å². The molecule has 9 heteroatoms. The molecule has 2 unspecified atom stereocenters. The number of nitrogens with one attached hydrogen (secondary N) is 1. The minimum absolute atomic E-state index is 0.00240. The number of nitriles is 1. The summed E-state index contributed by atoms with van der Waals surface area (Å²) >= 11 is 2.88. The molecule has 1 aliphatic carbocycles. The fourth-order valence-corrected chi connectivity index (χ4v) is 6.35. The Morgan fingerprint density at radius 3 is 2.88 bits per heavy atom. The Morgan fingerprint density at radius 1 is 1.41 bits per heavy atom. The molecule has 0 radical (unpaired) electrons. The summed E-state index contributed by atoms with van der Waals surface area (Å²) in [6.45, 7) is 6.72. The molecule has 2 aromatic rings. The monoisotopic (exact) mass is 474 g/mol. The molecule has 0 aromatic carbocycles. The Hall–Kier alpha value is -1.89. The Balaban J connectivity index is 1.64. The number of nitrogens with zero attached hydrogens (tertiary/aromatic N) is 3. The van der Waals surface area contributed by atoms with Gasteiger partial charge in [-0.25, -0.2) is 4.98 Å². The lowest BCUT2D eigenvalue weighted by Crippen LogP contribution is -2.49. The molecule has 2 aromatic heterocycles. The predicted molar refractivity (Wildman–Crippen MR) is 127 cm³/mol. The second-order valence-corrected chi connectivity index (χ2v) is 11.2. The molecule has 2 atom stereocenters. The molecule has 1 amide bonds. The molecule has 2 aliphatic rings. The number of fused-ring (bicyclic) bond motifs is 3. The van der Waals surface area contributed by atoms with Crippen LogP contribution in [0.3, 0.4) is 0 Å². The van der Waals surface area contributed by atoms with Crippen molar-refractivity contribution < 1.29 is 9.53 Å². The smallest absolute Gasteiger partial charge is 0.263 e. The van der Waals surface area contributed by atoms with Gasteiger partial charge >= 0.3 is 0 Å². The molecule has 1 aliphatic heterocycles. The number of hydrogen-bond acceptors (Lipinski definition) is 7. The number of amides is 1. The van der Waals surface area contributed by atoms with Crippen molar-refractivity contribution in [1.29, 1.82) is 5.26 Å². The highest BCUT2D eigenvalue weighted by molar-refractivity contribution is 7.99. The fourth-order valence-electron chi connectivity index (χ4n) is 4.24. The summed E-state index contributed by atoms with van der Waals surface area (Å²) in [4.78, 5) is 33.1. The maximum Gasteiger partial charge on any atom is 0.263 e. The maximum absolute atomic E-state index is 13.6.